The maximum Gasteiger partial charge on any atom is 0.258 e. The second-order valence-electron chi connectivity index (χ2n) is 6.31. The molecule has 1 unspecified atom stereocenters. The molecule has 2 aromatic carbocycles. The molecule has 5 nitrogen and oxygen atoms in total. The van der Waals surface area contributed by atoms with Crippen LogP contribution in [0.3, 0.4) is 0 Å². The van der Waals surface area contributed by atoms with Gasteiger partial charge in [-0.25, -0.2) is 4.39 Å². The van der Waals surface area contributed by atoms with Crippen LogP contribution in [0.5, 0.6) is 5.75 Å². The summed E-state index contributed by atoms with van der Waals surface area (Å²) in [5, 5.41) is 3.15. The Morgan fingerprint density at radius 2 is 1.96 bits per heavy atom. The standard InChI is InChI=1S/C20H22ClFN2O3/c21-17-12-16(22)6-7-19(17)27-14-20(25)23-18(15-4-2-1-3-5-15)13-24-8-10-26-11-9-24/h1-7,12,18H,8-11,13-14H2,(H,23,25). The van der Waals surface area contributed by atoms with E-state index in [0.29, 0.717) is 19.8 Å². The Bertz CT molecular complexity index is 754. The number of nitrogens with zero attached hydrogens (tertiary/aromatic N) is 1. The van der Waals surface area contributed by atoms with Crippen molar-refractivity contribution in [2.45, 2.75) is 6.04 Å². The molecular formula is C20H22ClFN2O3. The molecule has 2 aromatic rings. The number of benzene rings is 2. The van der Waals surface area contributed by atoms with Crippen LogP contribution in [0.4, 0.5) is 4.39 Å². The number of rotatable bonds is 7. The summed E-state index contributed by atoms with van der Waals surface area (Å²) in [6.45, 7) is 3.55. The molecule has 1 N–H and O–H groups in total. The molecule has 0 spiro atoms. The van der Waals surface area contributed by atoms with Crippen molar-refractivity contribution in [1.29, 1.82) is 0 Å². The zero-order chi connectivity index (χ0) is 19.1. The lowest BCUT2D eigenvalue weighted by atomic mass is 10.1. The number of ether oxygens (including phenoxy) is 2. The topological polar surface area (TPSA) is 50.8 Å². The number of morpholine rings is 1. The van der Waals surface area contributed by atoms with Gasteiger partial charge in [-0.1, -0.05) is 41.9 Å². The summed E-state index contributed by atoms with van der Waals surface area (Å²) in [4.78, 5) is 14.7. The Labute approximate surface area is 163 Å². The molecular weight excluding hydrogens is 371 g/mol. The second kappa shape index (κ2) is 9.69. The average molecular weight is 393 g/mol. The molecule has 0 radical (unpaired) electrons. The van der Waals surface area contributed by atoms with Crippen LogP contribution >= 0.6 is 11.6 Å². The van der Waals surface area contributed by atoms with Crippen LogP contribution in [0.2, 0.25) is 5.02 Å². The van der Waals surface area contributed by atoms with Gasteiger partial charge in [0, 0.05) is 19.6 Å². The Balaban J connectivity index is 1.61. The lowest BCUT2D eigenvalue weighted by Gasteiger charge is -2.31. The van der Waals surface area contributed by atoms with E-state index >= 15 is 0 Å². The summed E-state index contributed by atoms with van der Waals surface area (Å²) in [6.07, 6.45) is 0. The highest BCUT2D eigenvalue weighted by Gasteiger charge is 2.20. The number of carbonyl (C=O) groups is 1. The number of amides is 1. The molecule has 1 amide bonds. The predicted molar refractivity (Wildman–Crippen MR) is 101 cm³/mol. The lowest BCUT2D eigenvalue weighted by molar-refractivity contribution is -0.124. The fraction of sp³-hybridized carbons (Fsp3) is 0.350. The molecule has 1 fully saturated rings. The third-order valence-corrected chi connectivity index (χ3v) is 4.63. The van der Waals surface area contributed by atoms with Crippen LogP contribution in [0.25, 0.3) is 0 Å². The molecule has 1 saturated heterocycles. The SMILES string of the molecule is O=C(COc1ccc(F)cc1Cl)NC(CN1CCOCC1)c1ccccc1. The van der Waals surface area contributed by atoms with Gasteiger partial charge in [-0.2, -0.15) is 0 Å². The zero-order valence-electron chi connectivity index (χ0n) is 14.9. The van der Waals surface area contributed by atoms with E-state index in [1.54, 1.807) is 0 Å². The molecule has 0 saturated carbocycles. The van der Waals surface area contributed by atoms with Crippen molar-refractivity contribution < 1.29 is 18.7 Å². The van der Waals surface area contributed by atoms with Gasteiger partial charge >= 0.3 is 0 Å². The normalized spacial score (nSPS) is 15.9. The van der Waals surface area contributed by atoms with E-state index in [2.05, 4.69) is 10.2 Å². The summed E-state index contributed by atoms with van der Waals surface area (Å²) in [7, 11) is 0. The molecule has 1 aliphatic rings. The number of hydrogen-bond acceptors (Lipinski definition) is 4. The Hall–Kier alpha value is -2.15. The summed E-state index contributed by atoms with van der Waals surface area (Å²) < 4.78 is 23.9. The van der Waals surface area contributed by atoms with Gasteiger partial charge in [0.1, 0.15) is 11.6 Å². The quantitative estimate of drug-likeness (QED) is 0.786. The number of carbonyl (C=O) groups excluding carboxylic acids is 1. The minimum absolute atomic E-state index is 0.135. The van der Waals surface area contributed by atoms with E-state index in [-0.39, 0.29) is 29.3 Å². The highest BCUT2D eigenvalue weighted by Crippen LogP contribution is 2.24. The number of nitrogens with one attached hydrogen (secondary N) is 1. The van der Waals surface area contributed by atoms with Gasteiger partial charge in [-0.3, -0.25) is 9.69 Å². The van der Waals surface area contributed by atoms with Crippen LogP contribution in [-0.4, -0.2) is 50.3 Å². The largest absolute Gasteiger partial charge is 0.482 e. The number of hydrogen-bond donors (Lipinski definition) is 1. The molecule has 144 valence electrons. The average Bonchev–Trinajstić information content (AvgIpc) is 2.68. The molecule has 1 atom stereocenters. The summed E-state index contributed by atoms with van der Waals surface area (Å²) in [5.41, 5.74) is 1.03. The monoisotopic (exact) mass is 392 g/mol. The fourth-order valence-electron chi connectivity index (χ4n) is 2.93. The molecule has 0 bridgehead atoms. The van der Waals surface area contributed by atoms with Crippen molar-refractivity contribution in [2.24, 2.45) is 0 Å². The molecule has 0 aromatic heterocycles. The summed E-state index contributed by atoms with van der Waals surface area (Å²) in [5.74, 6) is -0.443. The Kier molecular flexibility index (Phi) is 7.04. The second-order valence-corrected chi connectivity index (χ2v) is 6.71. The van der Waals surface area contributed by atoms with Crippen molar-refractivity contribution in [3.05, 3.63) is 64.9 Å². The van der Waals surface area contributed by atoms with Gasteiger partial charge in [0.2, 0.25) is 0 Å². The number of halogens is 2. The summed E-state index contributed by atoms with van der Waals surface area (Å²) >= 11 is 5.93. The third kappa shape index (κ3) is 5.92. The van der Waals surface area contributed by atoms with Gasteiger partial charge in [-0.15, -0.1) is 0 Å². The van der Waals surface area contributed by atoms with Crippen LogP contribution in [0, 0.1) is 5.82 Å². The molecule has 1 heterocycles. The lowest BCUT2D eigenvalue weighted by Crippen LogP contribution is -2.44. The Morgan fingerprint density at radius 1 is 1.22 bits per heavy atom. The van der Waals surface area contributed by atoms with E-state index in [1.807, 2.05) is 30.3 Å². The highest BCUT2D eigenvalue weighted by molar-refractivity contribution is 6.32. The van der Waals surface area contributed by atoms with Crippen LogP contribution in [0.1, 0.15) is 11.6 Å². The van der Waals surface area contributed by atoms with Crippen molar-refractivity contribution in [2.75, 3.05) is 39.5 Å². The first-order chi connectivity index (χ1) is 13.1. The van der Waals surface area contributed by atoms with Crippen LogP contribution in [-0.2, 0) is 9.53 Å². The predicted octanol–water partition coefficient (Wildman–Crippen LogP) is 3.05. The molecule has 0 aliphatic carbocycles. The summed E-state index contributed by atoms with van der Waals surface area (Å²) in [6, 6.07) is 13.5. The van der Waals surface area contributed by atoms with E-state index in [9.17, 15) is 9.18 Å². The van der Waals surface area contributed by atoms with E-state index in [1.165, 1.54) is 12.1 Å². The van der Waals surface area contributed by atoms with Gasteiger partial charge in [-0.05, 0) is 23.8 Å². The molecule has 27 heavy (non-hydrogen) atoms. The maximum absolute atomic E-state index is 13.1. The van der Waals surface area contributed by atoms with Crippen LogP contribution in [0.15, 0.2) is 48.5 Å². The first-order valence-electron chi connectivity index (χ1n) is 8.84. The van der Waals surface area contributed by atoms with Gasteiger partial charge < -0.3 is 14.8 Å². The van der Waals surface area contributed by atoms with E-state index in [0.717, 1.165) is 24.7 Å². The van der Waals surface area contributed by atoms with Gasteiger partial charge in [0.25, 0.3) is 5.91 Å². The first kappa shape index (κ1) is 19.6. The molecule has 1 aliphatic heterocycles. The molecule has 3 rings (SSSR count). The van der Waals surface area contributed by atoms with Crippen LogP contribution < -0.4 is 10.1 Å². The minimum Gasteiger partial charge on any atom is -0.482 e. The Morgan fingerprint density at radius 3 is 2.67 bits per heavy atom. The maximum atomic E-state index is 13.1. The zero-order valence-corrected chi connectivity index (χ0v) is 15.6. The smallest absolute Gasteiger partial charge is 0.258 e. The first-order valence-corrected chi connectivity index (χ1v) is 9.22. The highest BCUT2D eigenvalue weighted by atomic mass is 35.5. The molecule has 7 heteroatoms. The van der Waals surface area contributed by atoms with Crippen molar-refractivity contribution >= 4 is 17.5 Å². The van der Waals surface area contributed by atoms with E-state index in [4.69, 9.17) is 21.1 Å². The minimum atomic E-state index is -0.452. The van der Waals surface area contributed by atoms with Crippen molar-refractivity contribution in [3.8, 4) is 5.75 Å². The van der Waals surface area contributed by atoms with Gasteiger partial charge in [0.05, 0.1) is 24.3 Å². The third-order valence-electron chi connectivity index (χ3n) is 4.33. The van der Waals surface area contributed by atoms with Crippen molar-refractivity contribution in [3.63, 3.8) is 0 Å². The van der Waals surface area contributed by atoms with E-state index < -0.39 is 5.82 Å². The van der Waals surface area contributed by atoms with Gasteiger partial charge in [0.15, 0.2) is 6.61 Å². The van der Waals surface area contributed by atoms with Crippen molar-refractivity contribution in [1.82, 2.24) is 10.2 Å². The fourth-order valence-corrected chi connectivity index (χ4v) is 3.16.